The molecule has 0 bridgehead atoms. The topological polar surface area (TPSA) is 72.7 Å². The number of H-pyrrole nitrogens is 1. The predicted molar refractivity (Wildman–Crippen MR) is 102 cm³/mol. The highest BCUT2D eigenvalue weighted by Gasteiger charge is 2.19. The average molecular weight is 349 g/mol. The molecule has 0 saturated heterocycles. The number of rotatable bonds is 4. The summed E-state index contributed by atoms with van der Waals surface area (Å²) in [5.41, 5.74) is 4.11. The van der Waals surface area contributed by atoms with E-state index in [1.54, 1.807) is 0 Å². The van der Waals surface area contributed by atoms with E-state index in [0.717, 1.165) is 21.5 Å². The number of nitriles is 1. The van der Waals surface area contributed by atoms with Gasteiger partial charge in [-0.05, 0) is 44.5 Å². The van der Waals surface area contributed by atoms with Crippen LogP contribution >= 0.6 is 11.8 Å². The van der Waals surface area contributed by atoms with Gasteiger partial charge in [-0.3, -0.25) is 0 Å². The van der Waals surface area contributed by atoms with E-state index >= 15 is 0 Å². The zero-order chi connectivity index (χ0) is 18.0. The van der Waals surface area contributed by atoms with E-state index in [-0.39, 0.29) is 16.6 Å². The van der Waals surface area contributed by atoms with E-state index in [4.69, 9.17) is 0 Å². The summed E-state index contributed by atoms with van der Waals surface area (Å²) in [7, 11) is 0. The number of aromatic nitrogens is 2. The van der Waals surface area contributed by atoms with Crippen LogP contribution in [0, 0.1) is 25.2 Å². The van der Waals surface area contributed by atoms with Crippen LogP contribution in [0.1, 0.15) is 23.9 Å². The van der Waals surface area contributed by atoms with Crippen LogP contribution in [0.2, 0.25) is 0 Å². The first-order chi connectivity index (χ1) is 12.0. The van der Waals surface area contributed by atoms with Crippen molar-refractivity contribution in [3.63, 3.8) is 0 Å². The number of allylic oxidation sites excluding steroid dienone is 1. The molecule has 0 amide bonds. The van der Waals surface area contributed by atoms with Crippen molar-refractivity contribution < 1.29 is 5.11 Å². The van der Waals surface area contributed by atoms with Gasteiger partial charge in [-0.1, -0.05) is 29.8 Å². The second kappa shape index (κ2) is 7.04. The van der Waals surface area contributed by atoms with Crippen molar-refractivity contribution in [1.29, 1.82) is 5.26 Å². The highest BCUT2D eigenvalue weighted by Crippen LogP contribution is 2.32. The Kier molecular flexibility index (Phi) is 4.82. The van der Waals surface area contributed by atoms with Crippen molar-refractivity contribution >= 4 is 28.4 Å². The molecule has 0 radical (unpaired) electrons. The number of aliphatic hydroxyl groups excluding tert-OH is 1. The standard InChI is InChI=1S/C20H19N3OS/c1-12-8-9-13(2)18(10-12)25-14(3)19(24)15(11-21)20-22-16-6-4-5-7-17(16)23-20/h4-10,14,24H,1-3H3,(H,22,23)/b19-15+. The van der Waals surface area contributed by atoms with Gasteiger partial charge in [-0.2, -0.15) is 5.26 Å². The summed E-state index contributed by atoms with van der Waals surface area (Å²) >= 11 is 1.54. The van der Waals surface area contributed by atoms with E-state index in [1.807, 2.05) is 45.0 Å². The minimum Gasteiger partial charge on any atom is -0.510 e. The van der Waals surface area contributed by atoms with Gasteiger partial charge in [0, 0.05) is 4.90 Å². The molecule has 3 rings (SSSR count). The van der Waals surface area contributed by atoms with Crippen LogP contribution in [-0.2, 0) is 0 Å². The average Bonchev–Trinajstić information content (AvgIpc) is 3.02. The molecule has 1 atom stereocenters. The minimum absolute atomic E-state index is 0.0347. The van der Waals surface area contributed by atoms with Crippen molar-refractivity contribution in [1.82, 2.24) is 9.97 Å². The second-order valence-corrected chi connectivity index (χ2v) is 7.39. The van der Waals surface area contributed by atoms with E-state index in [2.05, 4.69) is 34.2 Å². The molecule has 2 aromatic carbocycles. The summed E-state index contributed by atoms with van der Waals surface area (Å²) in [5.74, 6) is 0.432. The number of fused-ring (bicyclic) bond motifs is 1. The fraction of sp³-hybridized carbons (Fsp3) is 0.200. The first-order valence-electron chi connectivity index (χ1n) is 8.02. The number of nitrogens with one attached hydrogen (secondary N) is 1. The van der Waals surface area contributed by atoms with Crippen LogP contribution in [0.5, 0.6) is 0 Å². The third kappa shape index (κ3) is 3.54. The Morgan fingerprint density at radius 3 is 2.72 bits per heavy atom. The third-order valence-corrected chi connectivity index (χ3v) is 5.30. The molecule has 126 valence electrons. The number of imidazole rings is 1. The van der Waals surface area contributed by atoms with Crippen LogP contribution in [0.3, 0.4) is 0 Å². The Labute approximate surface area is 151 Å². The number of aromatic amines is 1. The lowest BCUT2D eigenvalue weighted by molar-refractivity contribution is 0.402. The van der Waals surface area contributed by atoms with Gasteiger partial charge in [0.25, 0.3) is 0 Å². The Bertz CT molecular complexity index is 965. The largest absolute Gasteiger partial charge is 0.510 e. The zero-order valence-electron chi connectivity index (χ0n) is 14.4. The highest BCUT2D eigenvalue weighted by atomic mass is 32.2. The van der Waals surface area contributed by atoms with Crippen LogP contribution in [0.15, 0.2) is 53.1 Å². The maximum absolute atomic E-state index is 10.7. The first-order valence-corrected chi connectivity index (χ1v) is 8.90. The number of nitrogens with zero attached hydrogens (tertiary/aromatic N) is 2. The summed E-state index contributed by atoms with van der Waals surface area (Å²) in [6.45, 7) is 5.97. The monoisotopic (exact) mass is 349 g/mol. The van der Waals surface area contributed by atoms with Crippen LogP contribution < -0.4 is 0 Å². The Morgan fingerprint density at radius 2 is 2.00 bits per heavy atom. The quantitative estimate of drug-likeness (QED) is 0.388. The van der Waals surface area contributed by atoms with Gasteiger partial charge < -0.3 is 10.1 Å². The summed E-state index contributed by atoms with van der Waals surface area (Å²) in [5, 5.41) is 19.9. The number of hydrogen-bond donors (Lipinski definition) is 2. The van der Waals surface area contributed by atoms with Crippen molar-refractivity contribution in [2.24, 2.45) is 0 Å². The SMILES string of the molecule is Cc1ccc(C)c(SC(C)/C(O)=C(/C#N)c2nc3ccccc3[nH]2)c1. The van der Waals surface area contributed by atoms with Crippen molar-refractivity contribution in [2.45, 2.75) is 30.9 Å². The normalized spacial score (nSPS) is 13.4. The van der Waals surface area contributed by atoms with E-state index in [9.17, 15) is 10.4 Å². The molecule has 0 aliphatic heterocycles. The van der Waals surface area contributed by atoms with Crippen LogP contribution in [0.4, 0.5) is 0 Å². The fourth-order valence-corrected chi connectivity index (χ4v) is 3.70. The number of benzene rings is 2. The molecule has 1 aromatic heterocycles. The number of thioether (sulfide) groups is 1. The van der Waals surface area contributed by atoms with Crippen molar-refractivity contribution in [3.8, 4) is 6.07 Å². The molecule has 0 fully saturated rings. The van der Waals surface area contributed by atoms with E-state index in [1.165, 1.54) is 17.3 Å². The predicted octanol–water partition coefficient (Wildman–Crippen LogP) is 5.15. The smallest absolute Gasteiger partial charge is 0.152 e. The van der Waals surface area contributed by atoms with Crippen molar-refractivity contribution in [2.75, 3.05) is 0 Å². The van der Waals surface area contributed by atoms with E-state index < -0.39 is 0 Å². The van der Waals surface area contributed by atoms with Crippen LogP contribution in [0.25, 0.3) is 16.6 Å². The molecule has 4 nitrogen and oxygen atoms in total. The molecule has 1 unspecified atom stereocenters. The molecule has 1 heterocycles. The fourth-order valence-electron chi connectivity index (χ4n) is 2.59. The lowest BCUT2D eigenvalue weighted by atomic mass is 10.2. The van der Waals surface area contributed by atoms with Gasteiger partial charge in [-0.25, -0.2) is 4.98 Å². The molecule has 0 aliphatic carbocycles. The van der Waals surface area contributed by atoms with E-state index in [0.29, 0.717) is 5.82 Å². The Hall–Kier alpha value is -2.71. The molecular formula is C20H19N3OS. The Morgan fingerprint density at radius 1 is 1.24 bits per heavy atom. The third-order valence-electron chi connectivity index (χ3n) is 4.03. The van der Waals surface area contributed by atoms with Gasteiger partial charge in [0.2, 0.25) is 0 Å². The van der Waals surface area contributed by atoms with Gasteiger partial charge >= 0.3 is 0 Å². The molecule has 25 heavy (non-hydrogen) atoms. The second-order valence-electron chi connectivity index (χ2n) is 6.00. The summed E-state index contributed by atoms with van der Waals surface area (Å²) in [6.07, 6.45) is 0. The van der Waals surface area contributed by atoms with Gasteiger partial charge in [0.15, 0.2) is 5.82 Å². The first kappa shape index (κ1) is 17.1. The minimum atomic E-state index is -0.261. The maximum atomic E-state index is 10.7. The molecule has 2 N–H and O–H groups in total. The van der Waals surface area contributed by atoms with Gasteiger partial charge in [-0.15, -0.1) is 11.8 Å². The molecule has 5 heteroatoms. The number of para-hydroxylation sites is 2. The Balaban J connectivity index is 1.95. The number of hydrogen-bond acceptors (Lipinski definition) is 4. The molecule has 0 aliphatic rings. The molecular weight excluding hydrogens is 330 g/mol. The zero-order valence-corrected chi connectivity index (χ0v) is 15.2. The lowest BCUT2D eigenvalue weighted by Gasteiger charge is -2.14. The highest BCUT2D eigenvalue weighted by molar-refractivity contribution is 8.00. The van der Waals surface area contributed by atoms with Crippen LogP contribution in [-0.4, -0.2) is 20.3 Å². The maximum Gasteiger partial charge on any atom is 0.152 e. The van der Waals surface area contributed by atoms with Gasteiger partial charge in [0.05, 0.1) is 16.3 Å². The van der Waals surface area contributed by atoms with Gasteiger partial charge in [0.1, 0.15) is 17.4 Å². The summed E-state index contributed by atoms with van der Waals surface area (Å²) in [6, 6.07) is 15.9. The molecule has 0 saturated carbocycles. The number of aryl methyl sites for hydroxylation is 2. The number of aliphatic hydroxyl groups is 1. The molecule has 0 spiro atoms. The summed E-state index contributed by atoms with van der Waals surface area (Å²) < 4.78 is 0. The van der Waals surface area contributed by atoms with Crippen molar-refractivity contribution in [3.05, 3.63) is 65.2 Å². The molecule has 3 aromatic rings. The lowest BCUT2D eigenvalue weighted by Crippen LogP contribution is -2.05. The summed E-state index contributed by atoms with van der Waals surface area (Å²) in [4.78, 5) is 8.62.